The fourth-order valence-electron chi connectivity index (χ4n) is 2.72. The van der Waals surface area contributed by atoms with E-state index in [2.05, 4.69) is 47.7 Å². The van der Waals surface area contributed by atoms with Crippen molar-refractivity contribution in [1.29, 1.82) is 0 Å². The molecule has 1 atom stereocenters. The highest BCUT2D eigenvalue weighted by molar-refractivity contribution is 5.92. The number of rotatable bonds is 5. The molecule has 1 heterocycles. The summed E-state index contributed by atoms with van der Waals surface area (Å²) in [7, 11) is 0. The quantitative estimate of drug-likeness (QED) is 0.689. The summed E-state index contributed by atoms with van der Waals surface area (Å²) < 4.78 is 0. The van der Waals surface area contributed by atoms with Crippen molar-refractivity contribution >= 4 is 17.3 Å². The molecule has 4 heteroatoms. The van der Waals surface area contributed by atoms with Crippen molar-refractivity contribution in [3.8, 4) is 0 Å². The molecule has 0 saturated carbocycles. The average Bonchev–Trinajstić information content (AvgIpc) is 2.66. The van der Waals surface area contributed by atoms with Crippen LogP contribution in [0.1, 0.15) is 40.1 Å². The molecule has 3 rings (SSSR count). The molecule has 4 nitrogen and oxygen atoms in total. The van der Waals surface area contributed by atoms with E-state index in [1.54, 1.807) is 12.3 Å². The Hall–Kier alpha value is -3.14. The van der Waals surface area contributed by atoms with Crippen molar-refractivity contribution < 1.29 is 4.79 Å². The normalized spacial score (nSPS) is 11.7. The molecule has 0 aliphatic carbocycles. The van der Waals surface area contributed by atoms with Gasteiger partial charge in [-0.25, -0.2) is 4.98 Å². The molecule has 1 amide bonds. The number of aryl methyl sites for hydroxylation is 2. The fourth-order valence-corrected chi connectivity index (χ4v) is 2.72. The van der Waals surface area contributed by atoms with Crippen LogP contribution in [0.4, 0.5) is 11.4 Å². The summed E-state index contributed by atoms with van der Waals surface area (Å²) in [6.07, 6.45) is 1.68. The lowest BCUT2D eigenvalue weighted by Gasteiger charge is -2.14. The molecule has 0 bridgehead atoms. The Balaban J connectivity index is 1.67. The van der Waals surface area contributed by atoms with E-state index in [4.69, 9.17) is 0 Å². The number of hydrogen-bond acceptors (Lipinski definition) is 3. The fraction of sp³-hybridized carbons (Fsp3) is 0.182. The highest BCUT2D eigenvalue weighted by atomic mass is 16.1. The number of benzene rings is 2. The number of pyridine rings is 1. The number of hydrogen-bond donors (Lipinski definition) is 2. The minimum absolute atomic E-state index is 0.0711. The molecule has 1 aromatic heterocycles. The third kappa shape index (κ3) is 4.28. The van der Waals surface area contributed by atoms with Gasteiger partial charge in [0, 0.05) is 5.69 Å². The lowest BCUT2D eigenvalue weighted by molar-refractivity contribution is 0.0935. The summed E-state index contributed by atoms with van der Waals surface area (Å²) in [5.74, 6) is -0.181. The molecular weight excluding hydrogens is 322 g/mol. The minimum atomic E-state index is -0.181. The van der Waals surface area contributed by atoms with Gasteiger partial charge in [0.25, 0.3) is 5.91 Å². The van der Waals surface area contributed by atoms with E-state index in [1.165, 1.54) is 5.56 Å². The number of carbonyl (C=O) groups excluding carboxylic acids is 1. The SMILES string of the molecule is Cc1ccc(C)c(Nc2ccc(C(=O)NC(C)c3ccccc3)nc2)c1. The van der Waals surface area contributed by atoms with Gasteiger partial charge in [0.2, 0.25) is 0 Å². The zero-order valence-electron chi connectivity index (χ0n) is 15.3. The van der Waals surface area contributed by atoms with Crippen LogP contribution in [0.3, 0.4) is 0 Å². The van der Waals surface area contributed by atoms with Crippen LogP contribution < -0.4 is 10.6 Å². The van der Waals surface area contributed by atoms with Crippen molar-refractivity contribution in [2.75, 3.05) is 5.32 Å². The number of carbonyl (C=O) groups is 1. The first-order valence-electron chi connectivity index (χ1n) is 8.69. The maximum atomic E-state index is 12.4. The number of aromatic nitrogens is 1. The predicted octanol–water partition coefficient (Wildman–Crippen LogP) is 4.93. The smallest absolute Gasteiger partial charge is 0.270 e. The van der Waals surface area contributed by atoms with E-state index < -0.39 is 0 Å². The Labute approximate surface area is 154 Å². The summed E-state index contributed by atoms with van der Waals surface area (Å²) in [5.41, 5.74) is 5.72. The zero-order valence-corrected chi connectivity index (χ0v) is 15.3. The number of nitrogens with one attached hydrogen (secondary N) is 2. The molecule has 0 fully saturated rings. The van der Waals surface area contributed by atoms with Crippen LogP contribution in [-0.4, -0.2) is 10.9 Å². The number of amides is 1. The van der Waals surface area contributed by atoms with E-state index in [-0.39, 0.29) is 11.9 Å². The van der Waals surface area contributed by atoms with Crippen LogP contribution in [-0.2, 0) is 0 Å². The van der Waals surface area contributed by atoms with Gasteiger partial charge >= 0.3 is 0 Å². The highest BCUT2D eigenvalue weighted by Gasteiger charge is 2.12. The monoisotopic (exact) mass is 345 g/mol. The molecule has 0 spiro atoms. The van der Waals surface area contributed by atoms with Gasteiger partial charge in [-0.3, -0.25) is 4.79 Å². The van der Waals surface area contributed by atoms with E-state index in [1.807, 2.05) is 43.3 Å². The topological polar surface area (TPSA) is 54.0 Å². The summed E-state index contributed by atoms with van der Waals surface area (Å²) in [4.78, 5) is 16.7. The number of nitrogens with zero attached hydrogens (tertiary/aromatic N) is 1. The largest absolute Gasteiger partial charge is 0.354 e. The Kier molecular flexibility index (Phi) is 5.32. The Morgan fingerprint density at radius 3 is 2.46 bits per heavy atom. The first-order valence-corrected chi connectivity index (χ1v) is 8.69. The van der Waals surface area contributed by atoms with Crippen LogP contribution >= 0.6 is 0 Å². The van der Waals surface area contributed by atoms with E-state index >= 15 is 0 Å². The van der Waals surface area contributed by atoms with Crippen LogP contribution in [0.15, 0.2) is 66.9 Å². The first kappa shape index (κ1) is 17.7. The van der Waals surface area contributed by atoms with Gasteiger partial charge in [-0.1, -0.05) is 42.5 Å². The molecule has 26 heavy (non-hydrogen) atoms. The second kappa shape index (κ2) is 7.83. The molecule has 0 aliphatic heterocycles. The second-order valence-electron chi connectivity index (χ2n) is 6.48. The van der Waals surface area contributed by atoms with Crippen LogP contribution in [0.2, 0.25) is 0 Å². The third-order valence-corrected chi connectivity index (χ3v) is 4.32. The molecule has 132 valence electrons. The van der Waals surface area contributed by atoms with Crippen LogP contribution in [0, 0.1) is 13.8 Å². The van der Waals surface area contributed by atoms with E-state index in [0.29, 0.717) is 5.69 Å². The van der Waals surface area contributed by atoms with E-state index in [9.17, 15) is 4.79 Å². The Bertz CT molecular complexity index is 889. The zero-order chi connectivity index (χ0) is 18.5. The summed E-state index contributed by atoms with van der Waals surface area (Å²) in [6.45, 7) is 6.08. The lowest BCUT2D eigenvalue weighted by Crippen LogP contribution is -2.27. The molecule has 0 saturated heterocycles. The van der Waals surface area contributed by atoms with Crippen molar-refractivity contribution in [3.05, 3.63) is 89.2 Å². The first-order chi connectivity index (χ1) is 12.5. The summed E-state index contributed by atoms with van der Waals surface area (Å²) >= 11 is 0. The number of anilines is 2. The van der Waals surface area contributed by atoms with Gasteiger partial charge in [0.1, 0.15) is 5.69 Å². The maximum Gasteiger partial charge on any atom is 0.270 e. The summed E-state index contributed by atoms with van der Waals surface area (Å²) in [5, 5.41) is 6.33. The van der Waals surface area contributed by atoms with Crippen molar-refractivity contribution in [2.24, 2.45) is 0 Å². The maximum absolute atomic E-state index is 12.4. The van der Waals surface area contributed by atoms with Gasteiger partial charge in [-0.2, -0.15) is 0 Å². The Morgan fingerprint density at radius 1 is 1.00 bits per heavy atom. The van der Waals surface area contributed by atoms with Crippen molar-refractivity contribution in [1.82, 2.24) is 10.3 Å². The highest BCUT2D eigenvalue weighted by Crippen LogP contribution is 2.21. The van der Waals surface area contributed by atoms with Crippen LogP contribution in [0.5, 0.6) is 0 Å². The van der Waals surface area contributed by atoms with Gasteiger partial charge in [-0.15, -0.1) is 0 Å². The Morgan fingerprint density at radius 2 is 1.77 bits per heavy atom. The van der Waals surface area contributed by atoms with Gasteiger partial charge in [0.15, 0.2) is 0 Å². The summed E-state index contributed by atoms with van der Waals surface area (Å²) in [6, 6.07) is 19.7. The third-order valence-electron chi connectivity index (χ3n) is 4.32. The molecule has 3 aromatic rings. The minimum Gasteiger partial charge on any atom is -0.354 e. The van der Waals surface area contributed by atoms with Crippen LogP contribution in [0.25, 0.3) is 0 Å². The van der Waals surface area contributed by atoms with Gasteiger partial charge in [0.05, 0.1) is 17.9 Å². The van der Waals surface area contributed by atoms with Crippen molar-refractivity contribution in [2.45, 2.75) is 26.8 Å². The molecular formula is C22H23N3O. The van der Waals surface area contributed by atoms with E-state index in [0.717, 1.165) is 22.5 Å². The molecule has 0 radical (unpaired) electrons. The standard InChI is InChI=1S/C22H23N3O/c1-15-9-10-16(2)21(13-15)25-19-11-12-20(23-14-19)22(26)24-17(3)18-7-5-4-6-8-18/h4-14,17,25H,1-3H3,(H,24,26). The predicted molar refractivity (Wildman–Crippen MR) is 106 cm³/mol. The van der Waals surface area contributed by atoms with Gasteiger partial charge in [-0.05, 0) is 55.7 Å². The molecule has 0 aliphatic rings. The molecule has 2 N–H and O–H groups in total. The average molecular weight is 345 g/mol. The van der Waals surface area contributed by atoms with Crippen molar-refractivity contribution in [3.63, 3.8) is 0 Å². The van der Waals surface area contributed by atoms with Gasteiger partial charge < -0.3 is 10.6 Å². The lowest BCUT2D eigenvalue weighted by atomic mass is 10.1. The second-order valence-corrected chi connectivity index (χ2v) is 6.48. The molecule has 1 unspecified atom stereocenters. The molecule has 2 aromatic carbocycles.